The van der Waals surface area contributed by atoms with Crippen molar-refractivity contribution >= 4 is 11.6 Å². The largest absolute Gasteiger partial charge is 0.320 e. The molecule has 1 unspecified atom stereocenters. The molecule has 86 valence electrons. The average Bonchev–Trinajstić information content (AvgIpc) is 2.31. The summed E-state index contributed by atoms with van der Waals surface area (Å²) in [5.41, 5.74) is 6.66. The molecule has 0 spiro atoms. The summed E-state index contributed by atoms with van der Waals surface area (Å²) in [5, 5.41) is 0. The lowest BCUT2D eigenvalue weighted by Crippen LogP contribution is -2.43. The minimum atomic E-state index is -0.502. The molecule has 0 saturated carbocycles. The molecule has 0 aliphatic carbocycles. The second kappa shape index (κ2) is 6.08. The SMILES string of the molecule is C=CCC(N)C(=O)N(CC)c1ccccc1. The van der Waals surface area contributed by atoms with Crippen molar-refractivity contribution in [3.05, 3.63) is 43.0 Å². The summed E-state index contributed by atoms with van der Waals surface area (Å²) in [6.07, 6.45) is 2.17. The van der Waals surface area contributed by atoms with E-state index in [0.717, 1.165) is 5.69 Å². The van der Waals surface area contributed by atoms with E-state index in [1.165, 1.54) is 0 Å². The first-order valence-corrected chi connectivity index (χ1v) is 5.43. The zero-order valence-corrected chi connectivity index (χ0v) is 9.60. The first-order chi connectivity index (χ1) is 7.70. The predicted molar refractivity (Wildman–Crippen MR) is 67.3 cm³/mol. The van der Waals surface area contributed by atoms with Gasteiger partial charge < -0.3 is 10.6 Å². The van der Waals surface area contributed by atoms with Crippen LogP contribution in [0.1, 0.15) is 13.3 Å². The minimum Gasteiger partial charge on any atom is -0.320 e. The molecule has 1 aromatic rings. The number of amides is 1. The number of carbonyl (C=O) groups is 1. The second-order valence-corrected chi connectivity index (χ2v) is 3.55. The van der Waals surface area contributed by atoms with Crippen LogP contribution in [0.25, 0.3) is 0 Å². The van der Waals surface area contributed by atoms with E-state index < -0.39 is 6.04 Å². The number of benzene rings is 1. The highest BCUT2D eigenvalue weighted by molar-refractivity contribution is 5.97. The molecule has 0 aliphatic heterocycles. The number of anilines is 1. The lowest BCUT2D eigenvalue weighted by Gasteiger charge is -2.23. The Kier molecular flexibility index (Phi) is 4.73. The molecule has 1 aromatic carbocycles. The van der Waals surface area contributed by atoms with Crippen LogP contribution in [0.5, 0.6) is 0 Å². The first-order valence-electron chi connectivity index (χ1n) is 5.43. The van der Waals surface area contributed by atoms with Crippen molar-refractivity contribution in [2.75, 3.05) is 11.4 Å². The van der Waals surface area contributed by atoms with E-state index >= 15 is 0 Å². The number of hydrogen-bond donors (Lipinski definition) is 1. The van der Waals surface area contributed by atoms with Gasteiger partial charge in [0.2, 0.25) is 5.91 Å². The molecular weight excluding hydrogens is 200 g/mol. The number of nitrogens with zero attached hydrogens (tertiary/aromatic N) is 1. The van der Waals surface area contributed by atoms with Gasteiger partial charge in [-0.3, -0.25) is 4.79 Å². The van der Waals surface area contributed by atoms with Gasteiger partial charge in [-0.15, -0.1) is 6.58 Å². The number of carbonyl (C=O) groups excluding carboxylic acids is 1. The van der Waals surface area contributed by atoms with Crippen LogP contribution in [0.3, 0.4) is 0 Å². The van der Waals surface area contributed by atoms with E-state index in [0.29, 0.717) is 13.0 Å². The van der Waals surface area contributed by atoms with Crippen LogP contribution in [0, 0.1) is 0 Å². The van der Waals surface area contributed by atoms with Gasteiger partial charge in [-0.1, -0.05) is 24.3 Å². The van der Waals surface area contributed by atoms with Gasteiger partial charge in [-0.05, 0) is 25.5 Å². The third kappa shape index (κ3) is 2.94. The predicted octanol–water partition coefficient (Wildman–Crippen LogP) is 1.94. The number of hydrogen-bond acceptors (Lipinski definition) is 2. The summed E-state index contributed by atoms with van der Waals surface area (Å²) >= 11 is 0. The molecule has 0 aromatic heterocycles. The maximum absolute atomic E-state index is 12.0. The monoisotopic (exact) mass is 218 g/mol. The lowest BCUT2D eigenvalue weighted by molar-refractivity contribution is -0.119. The Labute approximate surface area is 96.6 Å². The summed E-state index contributed by atoms with van der Waals surface area (Å²) in [6.45, 7) is 6.15. The third-order valence-electron chi connectivity index (χ3n) is 2.39. The van der Waals surface area contributed by atoms with Crippen molar-refractivity contribution in [2.45, 2.75) is 19.4 Å². The summed E-state index contributed by atoms with van der Waals surface area (Å²) < 4.78 is 0. The molecule has 3 heteroatoms. The molecule has 0 aliphatic rings. The fraction of sp³-hybridized carbons (Fsp3) is 0.308. The van der Waals surface area contributed by atoms with Crippen molar-refractivity contribution in [3.63, 3.8) is 0 Å². The lowest BCUT2D eigenvalue weighted by atomic mass is 10.1. The smallest absolute Gasteiger partial charge is 0.244 e. The maximum Gasteiger partial charge on any atom is 0.244 e. The van der Waals surface area contributed by atoms with Crippen molar-refractivity contribution in [3.8, 4) is 0 Å². The average molecular weight is 218 g/mol. The Hall–Kier alpha value is -1.61. The van der Waals surface area contributed by atoms with Gasteiger partial charge in [0.1, 0.15) is 0 Å². The van der Waals surface area contributed by atoms with E-state index in [9.17, 15) is 4.79 Å². The van der Waals surface area contributed by atoms with E-state index in [1.807, 2.05) is 37.3 Å². The first kappa shape index (κ1) is 12.5. The van der Waals surface area contributed by atoms with Gasteiger partial charge in [0, 0.05) is 12.2 Å². The Morgan fingerprint density at radius 2 is 2.12 bits per heavy atom. The molecule has 3 nitrogen and oxygen atoms in total. The highest BCUT2D eigenvalue weighted by Gasteiger charge is 2.19. The van der Waals surface area contributed by atoms with Crippen molar-refractivity contribution in [2.24, 2.45) is 5.73 Å². The van der Waals surface area contributed by atoms with Gasteiger partial charge in [-0.25, -0.2) is 0 Å². The maximum atomic E-state index is 12.0. The summed E-state index contributed by atoms with van der Waals surface area (Å²) in [6, 6.07) is 9.04. The summed E-state index contributed by atoms with van der Waals surface area (Å²) in [4.78, 5) is 13.7. The highest BCUT2D eigenvalue weighted by atomic mass is 16.2. The van der Waals surface area contributed by atoms with E-state index in [4.69, 9.17) is 5.73 Å². The van der Waals surface area contributed by atoms with Crippen molar-refractivity contribution < 1.29 is 4.79 Å². The molecule has 0 radical (unpaired) electrons. The van der Waals surface area contributed by atoms with Gasteiger partial charge in [0.15, 0.2) is 0 Å². The van der Waals surface area contributed by atoms with Crippen LogP contribution >= 0.6 is 0 Å². The molecule has 2 N–H and O–H groups in total. The Bertz CT molecular complexity index is 348. The van der Waals surface area contributed by atoms with Gasteiger partial charge in [0.25, 0.3) is 0 Å². The summed E-state index contributed by atoms with van der Waals surface area (Å²) in [5.74, 6) is -0.0615. The number of rotatable bonds is 5. The van der Waals surface area contributed by atoms with Crippen LogP contribution in [0.4, 0.5) is 5.69 Å². The topological polar surface area (TPSA) is 46.3 Å². The highest BCUT2D eigenvalue weighted by Crippen LogP contribution is 2.14. The van der Waals surface area contributed by atoms with Gasteiger partial charge in [0.05, 0.1) is 6.04 Å². The zero-order valence-electron chi connectivity index (χ0n) is 9.60. The molecule has 0 heterocycles. The van der Waals surface area contributed by atoms with Crippen molar-refractivity contribution in [1.82, 2.24) is 0 Å². The van der Waals surface area contributed by atoms with E-state index in [-0.39, 0.29) is 5.91 Å². The van der Waals surface area contributed by atoms with Crippen LogP contribution in [-0.2, 0) is 4.79 Å². The molecule has 1 amide bonds. The number of nitrogens with two attached hydrogens (primary N) is 1. The third-order valence-corrected chi connectivity index (χ3v) is 2.39. The molecule has 0 fully saturated rings. The molecule has 0 bridgehead atoms. The zero-order chi connectivity index (χ0) is 12.0. The van der Waals surface area contributed by atoms with E-state index in [2.05, 4.69) is 6.58 Å². The van der Waals surface area contributed by atoms with Crippen LogP contribution in [0.15, 0.2) is 43.0 Å². The van der Waals surface area contributed by atoms with Crippen LogP contribution < -0.4 is 10.6 Å². The minimum absolute atomic E-state index is 0.0615. The molecule has 1 rings (SSSR count). The van der Waals surface area contributed by atoms with Crippen LogP contribution in [-0.4, -0.2) is 18.5 Å². The molecular formula is C13H18N2O. The quantitative estimate of drug-likeness (QED) is 0.768. The normalized spacial score (nSPS) is 11.9. The van der Waals surface area contributed by atoms with Gasteiger partial charge in [-0.2, -0.15) is 0 Å². The number of likely N-dealkylation sites (N-methyl/N-ethyl adjacent to an activating group) is 1. The van der Waals surface area contributed by atoms with Gasteiger partial charge >= 0.3 is 0 Å². The Balaban J connectivity index is 2.82. The molecule has 1 atom stereocenters. The fourth-order valence-electron chi connectivity index (χ4n) is 1.55. The van der Waals surface area contributed by atoms with Crippen LogP contribution in [0.2, 0.25) is 0 Å². The van der Waals surface area contributed by atoms with E-state index in [1.54, 1.807) is 11.0 Å². The Morgan fingerprint density at radius 3 is 2.62 bits per heavy atom. The van der Waals surface area contributed by atoms with Crippen molar-refractivity contribution in [1.29, 1.82) is 0 Å². The second-order valence-electron chi connectivity index (χ2n) is 3.55. The fourth-order valence-corrected chi connectivity index (χ4v) is 1.55. The molecule has 16 heavy (non-hydrogen) atoms. The Morgan fingerprint density at radius 1 is 1.50 bits per heavy atom. The summed E-state index contributed by atoms with van der Waals surface area (Å²) in [7, 11) is 0. The standard InChI is InChI=1S/C13H18N2O/c1-3-8-12(14)13(16)15(4-2)11-9-6-5-7-10-11/h3,5-7,9-10,12H,1,4,8,14H2,2H3. The number of para-hydroxylation sites is 1. The molecule has 0 saturated heterocycles.